The minimum Gasteiger partial charge on any atom is -0.451 e. The Hall–Kier alpha value is -2.31. The first-order chi connectivity index (χ1) is 14.4. The maximum absolute atomic E-state index is 13.5. The predicted octanol–water partition coefficient (Wildman–Crippen LogP) is 5.39. The van der Waals surface area contributed by atoms with Gasteiger partial charge in [0, 0.05) is 54.9 Å². The minimum absolute atomic E-state index is 0.0776. The van der Waals surface area contributed by atoms with Crippen LogP contribution in [0.25, 0.3) is 11.0 Å². The number of halogens is 1. The van der Waals surface area contributed by atoms with Crippen molar-refractivity contribution in [3.63, 3.8) is 0 Å². The zero-order valence-corrected chi connectivity index (χ0v) is 19.2. The molecule has 158 valence electrons. The van der Waals surface area contributed by atoms with Gasteiger partial charge in [-0.25, -0.2) is 0 Å². The number of rotatable bonds is 6. The Morgan fingerprint density at radius 3 is 2.60 bits per heavy atom. The normalized spacial score (nSPS) is 16.2. The van der Waals surface area contributed by atoms with E-state index in [2.05, 4.69) is 45.1 Å². The van der Waals surface area contributed by atoms with Gasteiger partial charge in [-0.05, 0) is 55.7 Å². The van der Waals surface area contributed by atoms with Crippen molar-refractivity contribution < 1.29 is 13.9 Å². The lowest BCUT2D eigenvalue weighted by Crippen LogP contribution is -2.37. The molecule has 0 saturated carbocycles. The number of anilines is 1. The highest BCUT2D eigenvalue weighted by atomic mass is 79.9. The molecule has 0 bridgehead atoms. The van der Waals surface area contributed by atoms with E-state index < -0.39 is 0 Å². The number of benzene rings is 2. The maximum atomic E-state index is 13.5. The Labute approximate surface area is 185 Å². The van der Waals surface area contributed by atoms with Crippen LogP contribution in [-0.4, -0.2) is 44.2 Å². The lowest BCUT2D eigenvalue weighted by Gasteiger charge is -2.25. The predicted molar refractivity (Wildman–Crippen MR) is 123 cm³/mol. The van der Waals surface area contributed by atoms with E-state index in [4.69, 9.17) is 9.15 Å². The van der Waals surface area contributed by atoms with Gasteiger partial charge in [0.2, 0.25) is 0 Å². The molecule has 30 heavy (non-hydrogen) atoms. The summed E-state index contributed by atoms with van der Waals surface area (Å²) in [4.78, 5) is 17.5. The molecule has 1 aliphatic heterocycles. The smallest absolute Gasteiger partial charge is 0.290 e. The van der Waals surface area contributed by atoms with Crippen LogP contribution in [0.4, 0.5) is 5.69 Å². The largest absolute Gasteiger partial charge is 0.451 e. The third-order valence-electron chi connectivity index (χ3n) is 5.65. The second-order valence-corrected chi connectivity index (χ2v) is 8.99. The van der Waals surface area contributed by atoms with Crippen molar-refractivity contribution in [3.8, 4) is 0 Å². The molecule has 1 fully saturated rings. The number of aryl methyl sites for hydroxylation is 1. The maximum Gasteiger partial charge on any atom is 0.290 e. The Morgan fingerprint density at radius 1 is 1.17 bits per heavy atom. The highest BCUT2D eigenvalue weighted by Gasteiger charge is 2.27. The van der Waals surface area contributed by atoms with Crippen molar-refractivity contribution in [1.29, 1.82) is 0 Å². The lowest BCUT2D eigenvalue weighted by atomic mass is 10.1. The number of hydrogen-bond acceptors (Lipinski definition) is 4. The van der Waals surface area contributed by atoms with Crippen LogP contribution in [-0.2, 0) is 11.3 Å². The Kier molecular flexibility index (Phi) is 6.16. The van der Waals surface area contributed by atoms with Crippen LogP contribution >= 0.6 is 15.9 Å². The minimum atomic E-state index is -0.0907. The van der Waals surface area contributed by atoms with E-state index in [0.717, 1.165) is 51.7 Å². The molecule has 0 aliphatic carbocycles. The third kappa shape index (κ3) is 4.40. The first-order valence-electron chi connectivity index (χ1n) is 10.3. The summed E-state index contributed by atoms with van der Waals surface area (Å²) in [7, 11) is 4.04. The van der Waals surface area contributed by atoms with Gasteiger partial charge < -0.3 is 19.0 Å². The summed E-state index contributed by atoms with van der Waals surface area (Å²) in [5.41, 5.74) is 3.82. The molecular weight excluding hydrogens is 444 g/mol. The number of hydrogen-bond donors (Lipinski definition) is 0. The highest BCUT2D eigenvalue weighted by Crippen LogP contribution is 2.29. The second kappa shape index (κ2) is 8.82. The number of carbonyl (C=O) groups is 1. The molecule has 0 radical (unpaired) electrons. The van der Waals surface area contributed by atoms with Gasteiger partial charge in [-0.2, -0.15) is 0 Å². The molecule has 0 N–H and O–H groups in total. The van der Waals surface area contributed by atoms with E-state index in [1.165, 1.54) is 0 Å². The molecule has 1 atom stereocenters. The number of amides is 1. The first-order valence-corrected chi connectivity index (χ1v) is 11.1. The van der Waals surface area contributed by atoms with Gasteiger partial charge in [0.1, 0.15) is 5.58 Å². The van der Waals surface area contributed by atoms with Crippen molar-refractivity contribution in [2.45, 2.75) is 32.4 Å². The van der Waals surface area contributed by atoms with Crippen LogP contribution in [0.5, 0.6) is 0 Å². The molecule has 1 amide bonds. The number of fused-ring (bicyclic) bond motifs is 1. The molecule has 0 unspecified atom stereocenters. The van der Waals surface area contributed by atoms with Crippen molar-refractivity contribution in [1.82, 2.24) is 4.90 Å². The molecule has 4 rings (SSSR count). The number of nitrogens with zero attached hydrogens (tertiary/aromatic N) is 2. The fraction of sp³-hybridized carbons (Fsp3) is 0.375. The third-order valence-corrected chi connectivity index (χ3v) is 6.15. The number of furan rings is 1. The number of carbonyl (C=O) groups excluding carboxylic acids is 1. The van der Waals surface area contributed by atoms with Gasteiger partial charge >= 0.3 is 0 Å². The molecule has 5 nitrogen and oxygen atoms in total. The first kappa shape index (κ1) is 20.9. The fourth-order valence-electron chi connectivity index (χ4n) is 3.91. The molecule has 6 heteroatoms. The molecular formula is C24H27BrN2O3. The zero-order valence-electron chi connectivity index (χ0n) is 17.7. The van der Waals surface area contributed by atoms with Gasteiger partial charge in [-0.1, -0.05) is 28.1 Å². The van der Waals surface area contributed by atoms with Crippen LogP contribution in [0.2, 0.25) is 0 Å². The Morgan fingerprint density at radius 2 is 1.93 bits per heavy atom. The van der Waals surface area contributed by atoms with E-state index in [-0.39, 0.29) is 12.0 Å². The summed E-state index contributed by atoms with van der Waals surface area (Å²) in [6.07, 6.45) is 2.10. The number of ether oxygens (including phenoxy) is 1. The van der Waals surface area contributed by atoms with Crippen LogP contribution in [0, 0.1) is 6.92 Å². The summed E-state index contributed by atoms with van der Waals surface area (Å²) >= 11 is 3.50. The quantitative estimate of drug-likeness (QED) is 0.484. The summed E-state index contributed by atoms with van der Waals surface area (Å²) in [6.45, 7) is 3.80. The van der Waals surface area contributed by atoms with Crippen molar-refractivity contribution in [3.05, 3.63) is 63.8 Å². The average molecular weight is 471 g/mol. The lowest BCUT2D eigenvalue weighted by molar-refractivity contribution is 0.0485. The van der Waals surface area contributed by atoms with E-state index in [1.54, 1.807) is 0 Å². The standard InChI is InChI=1S/C24H27BrN2O3/c1-16-21-13-18(25)8-11-22(21)30-23(16)24(28)27(15-20-5-4-12-29-20)14-17-6-9-19(10-7-17)26(2)3/h6-11,13,20H,4-5,12,14-15H2,1-3H3/t20-/m0/s1. The molecule has 2 heterocycles. The fourth-order valence-corrected chi connectivity index (χ4v) is 4.28. The molecule has 3 aromatic rings. The Bertz CT molecular complexity index is 1040. The summed E-state index contributed by atoms with van der Waals surface area (Å²) in [6, 6.07) is 14.1. The summed E-state index contributed by atoms with van der Waals surface area (Å²) in [5, 5.41) is 0.958. The van der Waals surface area contributed by atoms with Crippen molar-refractivity contribution >= 4 is 38.5 Å². The molecule has 0 spiro atoms. The van der Waals surface area contributed by atoms with Crippen molar-refractivity contribution in [2.75, 3.05) is 32.1 Å². The van der Waals surface area contributed by atoms with E-state index in [9.17, 15) is 4.79 Å². The van der Waals surface area contributed by atoms with Gasteiger partial charge in [0.05, 0.1) is 6.10 Å². The summed E-state index contributed by atoms with van der Waals surface area (Å²) in [5.74, 6) is 0.318. The van der Waals surface area contributed by atoms with E-state index in [1.807, 2.05) is 44.1 Å². The topological polar surface area (TPSA) is 45.9 Å². The van der Waals surface area contributed by atoms with Crippen LogP contribution in [0.3, 0.4) is 0 Å². The van der Waals surface area contributed by atoms with Crippen LogP contribution < -0.4 is 4.90 Å². The zero-order chi connectivity index (χ0) is 21.3. The monoisotopic (exact) mass is 470 g/mol. The summed E-state index contributed by atoms with van der Waals surface area (Å²) < 4.78 is 12.8. The van der Waals surface area contributed by atoms with Gasteiger partial charge in [0.25, 0.3) is 5.91 Å². The van der Waals surface area contributed by atoms with Gasteiger partial charge in [-0.15, -0.1) is 0 Å². The van der Waals surface area contributed by atoms with Crippen molar-refractivity contribution in [2.24, 2.45) is 0 Å². The highest BCUT2D eigenvalue weighted by molar-refractivity contribution is 9.10. The van der Waals surface area contributed by atoms with Crippen LogP contribution in [0.15, 0.2) is 51.4 Å². The SMILES string of the molecule is Cc1c(C(=O)N(Cc2ccc(N(C)C)cc2)C[C@@H]2CCCO2)oc2ccc(Br)cc12. The van der Waals surface area contributed by atoms with E-state index in [0.29, 0.717) is 18.8 Å². The second-order valence-electron chi connectivity index (χ2n) is 8.08. The average Bonchev–Trinajstić information content (AvgIpc) is 3.35. The molecule has 2 aromatic carbocycles. The Balaban J connectivity index is 1.63. The van der Waals surface area contributed by atoms with Gasteiger partial charge in [0.15, 0.2) is 5.76 Å². The molecule has 1 aliphatic rings. The molecule has 1 saturated heterocycles. The van der Waals surface area contributed by atoms with Crippen LogP contribution in [0.1, 0.15) is 34.5 Å². The van der Waals surface area contributed by atoms with E-state index >= 15 is 0 Å². The van der Waals surface area contributed by atoms with Gasteiger partial charge in [-0.3, -0.25) is 4.79 Å². The molecule has 1 aromatic heterocycles.